The van der Waals surface area contributed by atoms with Crippen molar-refractivity contribution in [3.05, 3.63) is 34.9 Å². The molecule has 0 radical (unpaired) electrons. The highest BCUT2D eigenvalue weighted by molar-refractivity contribution is 9.10. The summed E-state index contributed by atoms with van der Waals surface area (Å²) in [7, 11) is 1.67. The highest BCUT2D eigenvalue weighted by atomic mass is 79.9. The summed E-state index contributed by atoms with van der Waals surface area (Å²) >= 11 is 5.01. The van der Waals surface area contributed by atoms with Crippen molar-refractivity contribution < 1.29 is 4.74 Å². The number of hydrogen-bond acceptors (Lipinski definition) is 5. The Hall–Kier alpha value is -1.27. The summed E-state index contributed by atoms with van der Waals surface area (Å²) in [6.07, 6.45) is 1.75. The lowest BCUT2D eigenvalue weighted by Crippen LogP contribution is -2.02. The molecule has 1 aromatic heterocycles. The van der Waals surface area contributed by atoms with Gasteiger partial charge in [-0.2, -0.15) is 0 Å². The number of nitrogens with zero attached hydrogens (tertiary/aromatic N) is 2. The van der Waals surface area contributed by atoms with Crippen molar-refractivity contribution in [1.82, 2.24) is 9.97 Å². The van der Waals surface area contributed by atoms with Gasteiger partial charge in [0.15, 0.2) is 0 Å². The number of methoxy groups -OCH3 is 1. The van der Waals surface area contributed by atoms with E-state index in [2.05, 4.69) is 31.2 Å². The van der Waals surface area contributed by atoms with Crippen LogP contribution in [0, 0.1) is 0 Å². The van der Waals surface area contributed by atoms with Gasteiger partial charge < -0.3 is 10.1 Å². The van der Waals surface area contributed by atoms with E-state index in [9.17, 15) is 0 Å². The van der Waals surface area contributed by atoms with Crippen LogP contribution in [0.15, 0.2) is 44.9 Å². The van der Waals surface area contributed by atoms with Crippen molar-refractivity contribution in [2.45, 2.75) is 16.8 Å². The molecule has 1 heterocycles. The summed E-state index contributed by atoms with van der Waals surface area (Å²) in [5, 5.41) is 3.96. The van der Waals surface area contributed by atoms with Gasteiger partial charge in [-0.25, -0.2) is 9.97 Å². The molecule has 1 aromatic carbocycles. The number of anilines is 1. The predicted molar refractivity (Wildman–Crippen MR) is 81.0 cm³/mol. The van der Waals surface area contributed by atoms with Crippen LogP contribution in [0.5, 0.6) is 5.75 Å². The van der Waals surface area contributed by atoms with Gasteiger partial charge >= 0.3 is 0 Å². The molecule has 0 saturated heterocycles. The highest BCUT2D eigenvalue weighted by Gasteiger charge is 2.10. The molecule has 1 N–H and O–H groups in total. The molecule has 4 nitrogen and oxygen atoms in total. The molecule has 0 saturated carbocycles. The van der Waals surface area contributed by atoms with Crippen molar-refractivity contribution in [3.8, 4) is 5.75 Å². The number of ether oxygens (including phenoxy) is 1. The smallest absolute Gasteiger partial charge is 0.223 e. The van der Waals surface area contributed by atoms with Crippen LogP contribution in [-0.2, 0) is 0 Å². The zero-order chi connectivity index (χ0) is 13.7. The Labute approximate surface area is 125 Å². The fraction of sp³-hybridized carbons (Fsp3) is 0.231. The summed E-state index contributed by atoms with van der Waals surface area (Å²) in [4.78, 5) is 9.69. The molecule has 0 atom stereocenters. The van der Waals surface area contributed by atoms with Gasteiger partial charge in [-0.1, -0.05) is 23.9 Å². The zero-order valence-corrected chi connectivity index (χ0v) is 13.1. The first-order chi connectivity index (χ1) is 9.24. The van der Waals surface area contributed by atoms with Crippen LogP contribution in [0.3, 0.4) is 0 Å². The number of halogens is 1. The minimum absolute atomic E-state index is 0.628. The molecule has 0 fully saturated rings. The largest absolute Gasteiger partial charge is 0.496 e. The molecule has 100 valence electrons. The van der Waals surface area contributed by atoms with Crippen molar-refractivity contribution >= 4 is 33.6 Å². The summed E-state index contributed by atoms with van der Waals surface area (Å²) in [5.41, 5.74) is 0. The Morgan fingerprint density at radius 2 is 2.16 bits per heavy atom. The quantitative estimate of drug-likeness (QED) is 0.838. The van der Waals surface area contributed by atoms with Crippen LogP contribution in [0.4, 0.5) is 5.95 Å². The Morgan fingerprint density at radius 1 is 1.37 bits per heavy atom. The lowest BCUT2D eigenvalue weighted by Gasteiger charge is -2.09. The molecule has 0 aliphatic heterocycles. The maximum absolute atomic E-state index is 5.34. The first-order valence-electron chi connectivity index (χ1n) is 5.82. The van der Waals surface area contributed by atoms with Crippen LogP contribution in [0.2, 0.25) is 0 Å². The lowest BCUT2D eigenvalue weighted by molar-refractivity contribution is 0.405. The summed E-state index contributed by atoms with van der Waals surface area (Å²) < 4.78 is 6.21. The molecule has 0 aliphatic carbocycles. The number of aromatic nitrogens is 2. The second-order valence-corrected chi connectivity index (χ2v) is 5.51. The van der Waals surface area contributed by atoms with E-state index in [1.165, 1.54) is 0 Å². The van der Waals surface area contributed by atoms with Crippen molar-refractivity contribution in [2.24, 2.45) is 0 Å². The lowest BCUT2D eigenvalue weighted by atomic mass is 10.3. The standard InChI is InChI=1S/C13H14BrN3OS/c1-3-15-13-16-8-9(14)12(17-13)19-11-7-5-4-6-10(11)18-2/h4-8H,3H2,1-2H3,(H,15,16,17). The summed E-state index contributed by atoms with van der Waals surface area (Å²) in [5.74, 6) is 1.46. The highest BCUT2D eigenvalue weighted by Crippen LogP contribution is 2.37. The van der Waals surface area contributed by atoms with Gasteiger partial charge in [-0.15, -0.1) is 0 Å². The maximum atomic E-state index is 5.34. The summed E-state index contributed by atoms with van der Waals surface area (Å²) in [6.45, 7) is 2.80. The van der Waals surface area contributed by atoms with Gasteiger partial charge in [0.05, 0.1) is 16.5 Å². The van der Waals surface area contributed by atoms with Crippen molar-refractivity contribution in [3.63, 3.8) is 0 Å². The fourth-order valence-corrected chi connectivity index (χ4v) is 2.80. The van der Waals surface area contributed by atoms with Crippen LogP contribution in [-0.4, -0.2) is 23.6 Å². The Kier molecular flexibility index (Phi) is 5.04. The molecule has 6 heteroatoms. The number of hydrogen-bond donors (Lipinski definition) is 1. The fourth-order valence-electron chi connectivity index (χ4n) is 1.47. The van der Waals surface area contributed by atoms with E-state index in [1.807, 2.05) is 31.2 Å². The molecular formula is C13H14BrN3OS. The first-order valence-corrected chi connectivity index (χ1v) is 7.42. The molecule has 2 aromatic rings. The third kappa shape index (κ3) is 3.61. The molecular weight excluding hydrogens is 326 g/mol. The molecule has 0 bridgehead atoms. The molecule has 2 rings (SSSR count). The van der Waals surface area contributed by atoms with E-state index in [0.29, 0.717) is 5.95 Å². The van der Waals surface area contributed by atoms with Gasteiger partial charge in [0.2, 0.25) is 5.95 Å². The van der Waals surface area contributed by atoms with Crippen LogP contribution in [0.1, 0.15) is 6.92 Å². The van der Waals surface area contributed by atoms with Crippen molar-refractivity contribution in [2.75, 3.05) is 19.0 Å². The molecule has 0 amide bonds. The van der Waals surface area contributed by atoms with Gasteiger partial charge in [0, 0.05) is 12.7 Å². The third-order valence-corrected chi connectivity index (χ3v) is 4.23. The van der Waals surface area contributed by atoms with Gasteiger partial charge in [0.25, 0.3) is 0 Å². The predicted octanol–water partition coefficient (Wildman–Crippen LogP) is 3.83. The topological polar surface area (TPSA) is 47.0 Å². The Bertz CT molecular complexity index is 565. The maximum Gasteiger partial charge on any atom is 0.223 e. The van der Waals surface area contributed by atoms with Gasteiger partial charge in [0.1, 0.15) is 10.8 Å². The molecule has 0 spiro atoms. The van der Waals surface area contributed by atoms with E-state index in [1.54, 1.807) is 25.1 Å². The molecule has 0 unspecified atom stereocenters. The normalized spacial score (nSPS) is 10.3. The van der Waals surface area contributed by atoms with E-state index in [0.717, 1.165) is 26.7 Å². The van der Waals surface area contributed by atoms with Crippen molar-refractivity contribution in [1.29, 1.82) is 0 Å². The average Bonchev–Trinajstić information content (AvgIpc) is 2.43. The number of rotatable bonds is 5. The monoisotopic (exact) mass is 339 g/mol. The van der Waals surface area contributed by atoms with Crippen LogP contribution >= 0.6 is 27.7 Å². The third-order valence-electron chi connectivity index (χ3n) is 2.32. The molecule has 0 aliphatic rings. The first kappa shape index (κ1) is 14.1. The molecule has 19 heavy (non-hydrogen) atoms. The van der Waals surface area contributed by atoms with E-state index in [4.69, 9.17) is 4.74 Å². The van der Waals surface area contributed by atoms with Gasteiger partial charge in [-0.3, -0.25) is 0 Å². The minimum Gasteiger partial charge on any atom is -0.496 e. The zero-order valence-electron chi connectivity index (χ0n) is 10.7. The van der Waals surface area contributed by atoms with E-state index >= 15 is 0 Å². The Morgan fingerprint density at radius 3 is 2.89 bits per heavy atom. The average molecular weight is 340 g/mol. The Balaban J connectivity index is 2.29. The van der Waals surface area contributed by atoms with E-state index < -0.39 is 0 Å². The second kappa shape index (κ2) is 6.77. The second-order valence-electron chi connectivity index (χ2n) is 3.63. The SMILES string of the molecule is CCNc1ncc(Br)c(Sc2ccccc2OC)n1. The van der Waals surface area contributed by atoms with Crippen LogP contribution in [0.25, 0.3) is 0 Å². The van der Waals surface area contributed by atoms with Gasteiger partial charge in [-0.05, 0) is 35.0 Å². The van der Waals surface area contributed by atoms with E-state index in [-0.39, 0.29) is 0 Å². The minimum atomic E-state index is 0.628. The number of para-hydroxylation sites is 1. The number of nitrogens with one attached hydrogen (secondary N) is 1. The summed E-state index contributed by atoms with van der Waals surface area (Å²) in [6, 6.07) is 7.86. The number of benzene rings is 1. The van der Waals surface area contributed by atoms with Crippen LogP contribution < -0.4 is 10.1 Å².